The van der Waals surface area contributed by atoms with Crippen LogP contribution in [0.15, 0.2) is 54.4 Å². The Morgan fingerprint density at radius 2 is 1.89 bits per heavy atom. The van der Waals surface area contributed by atoms with Gasteiger partial charge in [0.15, 0.2) is 0 Å². The van der Waals surface area contributed by atoms with E-state index in [1.165, 1.54) is 4.90 Å². The summed E-state index contributed by atoms with van der Waals surface area (Å²) in [6.45, 7) is 3.92. The van der Waals surface area contributed by atoms with E-state index in [0.29, 0.717) is 27.9 Å². The summed E-state index contributed by atoms with van der Waals surface area (Å²) in [7, 11) is 0. The van der Waals surface area contributed by atoms with E-state index >= 15 is 0 Å². The van der Waals surface area contributed by atoms with Crippen LogP contribution in [0.4, 0.5) is 0 Å². The lowest BCUT2D eigenvalue weighted by Crippen LogP contribution is -2.39. The molecule has 0 aliphatic carbocycles. The van der Waals surface area contributed by atoms with Crippen LogP contribution in [-0.4, -0.2) is 39.7 Å². The number of aromatic nitrogens is 1. The van der Waals surface area contributed by atoms with Crippen molar-refractivity contribution >= 4 is 29.0 Å². The van der Waals surface area contributed by atoms with Gasteiger partial charge in [0.25, 0.3) is 11.8 Å². The van der Waals surface area contributed by atoms with Crippen LogP contribution in [0.3, 0.4) is 0 Å². The summed E-state index contributed by atoms with van der Waals surface area (Å²) >= 11 is 6.03. The van der Waals surface area contributed by atoms with Crippen LogP contribution >= 0.6 is 11.6 Å². The number of hydrogen-bond donors (Lipinski definition) is 0. The lowest BCUT2D eigenvalue weighted by Gasteiger charge is -2.33. The van der Waals surface area contributed by atoms with Crippen molar-refractivity contribution in [2.45, 2.75) is 26.3 Å². The van der Waals surface area contributed by atoms with Crippen LogP contribution in [0.25, 0.3) is 5.57 Å². The molecule has 0 bridgehead atoms. The monoisotopic (exact) mass is 395 g/mol. The van der Waals surface area contributed by atoms with Crippen molar-refractivity contribution in [1.82, 2.24) is 14.8 Å². The Bertz CT molecular complexity index is 925. The fourth-order valence-corrected chi connectivity index (χ4v) is 4.05. The molecule has 6 heteroatoms. The molecule has 1 aromatic carbocycles. The van der Waals surface area contributed by atoms with Crippen molar-refractivity contribution in [2.24, 2.45) is 5.92 Å². The van der Waals surface area contributed by atoms with E-state index in [1.54, 1.807) is 30.5 Å². The van der Waals surface area contributed by atoms with Crippen LogP contribution in [-0.2, 0) is 16.1 Å². The molecule has 4 rings (SSSR count). The minimum absolute atomic E-state index is 0.169. The second kappa shape index (κ2) is 7.76. The maximum absolute atomic E-state index is 13.3. The number of imide groups is 1. The molecule has 1 unspecified atom stereocenters. The molecule has 0 radical (unpaired) electrons. The van der Waals surface area contributed by atoms with Crippen LogP contribution in [0, 0.1) is 5.92 Å². The molecule has 28 heavy (non-hydrogen) atoms. The molecule has 2 amide bonds. The Morgan fingerprint density at radius 1 is 1.11 bits per heavy atom. The highest BCUT2D eigenvalue weighted by molar-refractivity contribution is 6.35. The van der Waals surface area contributed by atoms with Crippen molar-refractivity contribution in [3.05, 3.63) is 70.6 Å². The molecule has 1 fully saturated rings. The highest BCUT2D eigenvalue weighted by Crippen LogP contribution is 2.34. The minimum atomic E-state index is -0.272. The maximum Gasteiger partial charge on any atom is 0.278 e. The Kier molecular flexibility index (Phi) is 5.18. The molecule has 0 spiro atoms. The first-order chi connectivity index (χ1) is 13.5. The third-order valence-electron chi connectivity index (χ3n) is 5.30. The molecule has 1 aromatic heterocycles. The molecule has 3 heterocycles. The summed E-state index contributed by atoms with van der Waals surface area (Å²) in [5.41, 5.74) is 2.38. The van der Waals surface area contributed by atoms with Gasteiger partial charge in [-0.3, -0.25) is 19.5 Å². The number of amides is 2. The fraction of sp³-hybridized carbons (Fsp3) is 0.318. The second-order valence-electron chi connectivity index (χ2n) is 7.44. The largest absolute Gasteiger partial charge is 0.366 e. The van der Waals surface area contributed by atoms with Gasteiger partial charge in [0, 0.05) is 24.3 Å². The summed E-state index contributed by atoms with van der Waals surface area (Å²) in [4.78, 5) is 34.3. The molecule has 2 aliphatic rings. The number of likely N-dealkylation sites (tertiary alicyclic amines) is 1. The number of benzene rings is 1. The molecule has 5 nitrogen and oxygen atoms in total. The molecule has 1 atom stereocenters. The summed E-state index contributed by atoms with van der Waals surface area (Å²) in [6, 6.07) is 12.6. The van der Waals surface area contributed by atoms with E-state index in [1.807, 2.05) is 18.2 Å². The molecular weight excluding hydrogens is 374 g/mol. The zero-order valence-corrected chi connectivity index (χ0v) is 16.5. The molecule has 0 N–H and O–H groups in total. The van der Waals surface area contributed by atoms with Gasteiger partial charge in [-0.1, -0.05) is 36.7 Å². The van der Waals surface area contributed by atoms with Crippen LogP contribution < -0.4 is 0 Å². The van der Waals surface area contributed by atoms with Gasteiger partial charge in [-0.2, -0.15) is 0 Å². The lowest BCUT2D eigenvalue weighted by molar-refractivity contribution is -0.138. The Balaban J connectivity index is 1.74. The number of nitrogens with zero attached hydrogens (tertiary/aromatic N) is 3. The molecule has 144 valence electrons. The number of carbonyl (C=O) groups is 2. The first-order valence-corrected chi connectivity index (χ1v) is 9.93. The van der Waals surface area contributed by atoms with Crippen LogP contribution in [0.1, 0.15) is 31.0 Å². The van der Waals surface area contributed by atoms with Crippen molar-refractivity contribution in [3.8, 4) is 0 Å². The van der Waals surface area contributed by atoms with Gasteiger partial charge in [0.2, 0.25) is 0 Å². The Hall–Kier alpha value is -2.66. The fourth-order valence-electron chi connectivity index (χ4n) is 3.92. The van der Waals surface area contributed by atoms with Gasteiger partial charge in [-0.15, -0.1) is 0 Å². The lowest BCUT2D eigenvalue weighted by atomic mass is 9.98. The van der Waals surface area contributed by atoms with Gasteiger partial charge in [-0.05, 0) is 48.6 Å². The highest BCUT2D eigenvalue weighted by atomic mass is 35.5. The number of pyridine rings is 1. The number of halogens is 1. The summed E-state index contributed by atoms with van der Waals surface area (Å²) < 4.78 is 0. The average Bonchev–Trinajstić information content (AvgIpc) is 2.94. The molecular formula is C22H22ClN3O2. The zero-order chi connectivity index (χ0) is 19.7. The van der Waals surface area contributed by atoms with Crippen molar-refractivity contribution < 1.29 is 9.59 Å². The first-order valence-electron chi connectivity index (χ1n) is 9.56. The van der Waals surface area contributed by atoms with Gasteiger partial charge in [0.05, 0.1) is 17.8 Å². The average molecular weight is 396 g/mol. The van der Waals surface area contributed by atoms with E-state index in [2.05, 4.69) is 16.8 Å². The summed E-state index contributed by atoms with van der Waals surface area (Å²) in [5.74, 6) is -0.0265. The van der Waals surface area contributed by atoms with Crippen LogP contribution in [0.5, 0.6) is 0 Å². The van der Waals surface area contributed by atoms with E-state index in [4.69, 9.17) is 11.6 Å². The zero-order valence-electron chi connectivity index (χ0n) is 15.8. The standard InChI is InChI=1S/C22H22ClN3O2/c1-15-5-4-12-25(13-15)20-19(16-7-9-17(23)10-8-16)21(27)26(22(20)28)14-18-6-2-3-11-24-18/h2-3,6-11,15H,4-5,12-14H2,1H3. The predicted octanol–water partition coefficient (Wildman–Crippen LogP) is 3.75. The van der Waals surface area contributed by atoms with Gasteiger partial charge in [0.1, 0.15) is 5.70 Å². The summed E-state index contributed by atoms with van der Waals surface area (Å²) in [6.07, 6.45) is 3.82. The van der Waals surface area contributed by atoms with Gasteiger partial charge in [-0.25, -0.2) is 0 Å². The quantitative estimate of drug-likeness (QED) is 0.740. The van der Waals surface area contributed by atoms with Gasteiger partial charge < -0.3 is 4.90 Å². The van der Waals surface area contributed by atoms with Gasteiger partial charge >= 0.3 is 0 Å². The normalized spacial score (nSPS) is 20.3. The number of carbonyl (C=O) groups excluding carboxylic acids is 2. The van der Waals surface area contributed by atoms with Crippen molar-refractivity contribution in [2.75, 3.05) is 13.1 Å². The van der Waals surface area contributed by atoms with Crippen LogP contribution in [0.2, 0.25) is 5.02 Å². The van der Waals surface area contributed by atoms with E-state index in [0.717, 1.165) is 31.5 Å². The van der Waals surface area contributed by atoms with E-state index < -0.39 is 0 Å². The number of hydrogen-bond acceptors (Lipinski definition) is 4. The maximum atomic E-state index is 13.3. The minimum Gasteiger partial charge on any atom is -0.366 e. The molecule has 2 aliphatic heterocycles. The van der Waals surface area contributed by atoms with Crippen molar-refractivity contribution in [3.63, 3.8) is 0 Å². The molecule has 2 aromatic rings. The topological polar surface area (TPSA) is 53.5 Å². The SMILES string of the molecule is CC1CCCN(C2=C(c3ccc(Cl)cc3)C(=O)N(Cc3ccccn3)C2=O)C1. The smallest absolute Gasteiger partial charge is 0.278 e. The number of rotatable bonds is 4. The number of piperidine rings is 1. The highest BCUT2D eigenvalue weighted by Gasteiger charge is 2.42. The molecule has 1 saturated heterocycles. The first kappa shape index (κ1) is 18.7. The summed E-state index contributed by atoms with van der Waals surface area (Å²) in [5, 5.41) is 0.597. The van der Waals surface area contributed by atoms with E-state index in [9.17, 15) is 9.59 Å². The van der Waals surface area contributed by atoms with E-state index in [-0.39, 0.29) is 18.4 Å². The third-order valence-corrected chi connectivity index (χ3v) is 5.55. The second-order valence-corrected chi connectivity index (χ2v) is 7.88. The molecule has 0 saturated carbocycles. The van der Waals surface area contributed by atoms with Crippen molar-refractivity contribution in [1.29, 1.82) is 0 Å². The Morgan fingerprint density at radius 3 is 2.57 bits per heavy atom. The predicted molar refractivity (Wildman–Crippen MR) is 108 cm³/mol. The third kappa shape index (κ3) is 3.54. The Labute approximate surface area is 169 Å².